The number of anilines is 1. The Morgan fingerprint density at radius 1 is 1.14 bits per heavy atom. The first-order valence-electron chi connectivity index (χ1n) is 7.34. The predicted octanol–water partition coefficient (Wildman–Crippen LogP) is 3.15. The van der Waals surface area contributed by atoms with Crippen LogP contribution in [-0.2, 0) is 0 Å². The van der Waals surface area contributed by atoms with Gasteiger partial charge in [0.1, 0.15) is 6.04 Å². The molecule has 5 nitrogen and oxygen atoms in total. The molecular weight excluding hydrogens is 288 g/mol. The van der Waals surface area contributed by atoms with Gasteiger partial charge in [-0.05, 0) is 29.6 Å². The molecule has 3 rings (SSSR count). The van der Waals surface area contributed by atoms with E-state index in [1.165, 1.54) is 25.7 Å². The van der Waals surface area contributed by atoms with Gasteiger partial charge in [-0.1, -0.05) is 42.6 Å². The lowest BCUT2D eigenvalue weighted by Gasteiger charge is -2.16. The molecule has 2 aromatic rings. The Kier molecular flexibility index (Phi) is 4.41. The van der Waals surface area contributed by atoms with Gasteiger partial charge in [0.2, 0.25) is 5.89 Å². The molecule has 0 unspecified atom stereocenters. The van der Waals surface area contributed by atoms with E-state index in [4.69, 9.17) is 21.9 Å². The van der Waals surface area contributed by atoms with E-state index in [1.807, 2.05) is 24.3 Å². The SMILES string of the molecule is N[C@@H](c1nc(N2CCCCCC2)no1)c1ccccc1Cl. The minimum absolute atomic E-state index is 0.405. The number of benzene rings is 1. The van der Waals surface area contributed by atoms with Gasteiger partial charge in [0.25, 0.3) is 5.95 Å². The molecule has 0 spiro atoms. The van der Waals surface area contributed by atoms with Crippen LogP contribution < -0.4 is 10.6 Å². The smallest absolute Gasteiger partial charge is 0.266 e. The zero-order valence-electron chi connectivity index (χ0n) is 11.8. The van der Waals surface area contributed by atoms with Crippen molar-refractivity contribution >= 4 is 17.5 Å². The van der Waals surface area contributed by atoms with E-state index in [0.29, 0.717) is 16.9 Å². The highest BCUT2D eigenvalue weighted by atomic mass is 35.5. The fourth-order valence-electron chi connectivity index (χ4n) is 2.61. The molecule has 0 saturated carbocycles. The van der Waals surface area contributed by atoms with Gasteiger partial charge in [-0.3, -0.25) is 0 Å². The third-order valence-electron chi connectivity index (χ3n) is 3.83. The fourth-order valence-corrected chi connectivity index (χ4v) is 2.87. The molecular formula is C15H19ClN4O. The number of halogens is 1. The summed E-state index contributed by atoms with van der Waals surface area (Å²) < 4.78 is 5.34. The van der Waals surface area contributed by atoms with Crippen LogP contribution in [0.4, 0.5) is 5.95 Å². The van der Waals surface area contributed by atoms with Gasteiger partial charge in [-0.2, -0.15) is 4.98 Å². The van der Waals surface area contributed by atoms with Crippen molar-refractivity contribution in [1.29, 1.82) is 0 Å². The predicted molar refractivity (Wildman–Crippen MR) is 82.5 cm³/mol. The Hall–Kier alpha value is -1.59. The molecule has 1 atom stereocenters. The van der Waals surface area contributed by atoms with Crippen molar-refractivity contribution in [2.24, 2.45) is 5.73 Å². The van der Waals surface area contributed by atoms with Gasteiger partial charge in [-0.25, -0.2) is 0 Å². The first kappa shape index (κ1) is 14.4. The zero-order valence-corrected chi connectivity index (χ0v) is 12.6. The van der Waals surface area contributed by atoms with Crippen LogP contribution in [0.5, 0.6) is 0 Å². The second-order valence-corrected chi connectivity index (χ2v) is 5.74. The number of nitrogens with two attached hydrogens (primary N) is 1. The van der Waals surface area contributed by atoms with Crippen LogP contribution in [0, 0.1) is 0 Å². The molecule has 1 aliphatic heterocycles. The number of aromatic nitrogens is 2. The molecule has 21 heavy (non-hydrogen) atoms. The summed E-state index contributed by atoms with van der Waals surface area (Å²) in [5.74, 6) is 1.04. The molecule has 1 aromatic heterocycles. The molecule has 2 heterocycles. The quantitative estimate of drug-likeness (QED) is 0.943. The molecule has 1 aromatic carbocycles. The molecule has 0 radical (unpaired) electrons. The summed E-state index contributed by atoms with van der Waals surface area (Å²) in [4.78, 5) is 6.62. The Morgan fingerprint density at radius 3 is 2.57 bits per heavy atom. The molecule has 0 bridgehead atoms. The molecule has 2 N–H and O–H groups in total. The highest BCUT2D eigenvalue weighted by Crippen LogP contribution is 2.26. The average Bonchev–Trinajstić information content (AvgIpc) is 2.83. The van der Waals surface area contributed by atoms with Crippen LogP contribution in [0.2, 0.25) is 5.02 Å². The minimum Gasteiger partial charge on any atom is -0.338 e. The Labute approximate surface area is 129 Å². The largest absolute Gasteiger partial charge is 0.338 e. The summed E-state index contributed by atoms with van der Waals surface area (Å²) in [6.45, 7) is 1.95. The molecule has 1 aliphatic rings. The third-order valence-corrected chi connectivity index (χ3v) is 4.17. The third kappa shape index (κ3) is 3.19. The second kappa shape index (κ2) is 6.45. The van der Waals surface area contributed by atoms with Crippen LogP contribution in [0.15, 0.2) is 28.8 Å². The Bertz CT molecular complexity index is 593. The number of rotatable bonds is 3. The molecule has 1 saturated heterocycles. The van der Waals surface area contributed by atoms with Crippen LogP contribution in [0.1, 0.15) is 43.2 Å². The van der Waals surface area contributed by atoms with Crippen molar-refractivity contribution in [3.63, 3.8) is 0 Å². The van der Waals surface area contributed by atoms with Crippen molar-refractivity contribution < 1.29 is 4.52 Å². The van der Waals surface area contributed by atoms with Gasteiger partial charge >= 0.3 is 0 Å². The minimum atomic E-state index is -0.494. The maximum Gasteiger partial charge on any atom is 0.266 e. The van der Waals surface area contributed by atoms with Crippen molar-refractivity contribution in [3.05, 3.63) is 40.7 Å². The molecule has 1 fully saturated rings. The first-order valence-corrected chi connectivity index (χ1v) is 7.72. The summed E-state index contributed by atoms with van der Waals surface area (Å²) in [7, 11) is 0. The number of nitrogens with zero attached hydrogens (tertiary/aromatic N) is 3. The van der Waals surface area contributed by atoms with E-state index in [2.05, 4.69) is 15.0 Å². The highest BCUT2D eigenvalue weighted by molar-refractivity contribution is 6.31. The average molecular weight is 307 g/mol. The van der Waals surface area contributed by atoms with Crippen LogP contribution in [0.3, 0.4) is 0 Å². The Balaban J connectivity index is 1.79. The van der Waals surface area contributed by atoms with Crippen LogP contribution >= 0.6 is 11.6 Å². The van der Waals surface area contributed by atoms with Crippen molar-refractivity contribution in [1.82, 2.24) is 10.1 Å². The lowest BCUT2D eigenvalue weighted by atomic mass is 10.1. The fraction of sp³-hybridized carbons (Fsp3) is 0.467. The van der Waals surface area contributed by atoms with E-state index < -0.39 is 6.04 Å². The van der Waals surface area contributed by atoms with E-state index in [0.717, 1.165) is 18.7 Å². The summed E-state index contributed by atoms with van der Waals surface area (Å²) in [5, 5.41) is 4.69. The summed E-state index contributed by atoms with van der Waals surface area (Å²) >= 11 is 6.17. The second-order valence-electron chi connectivity index (χ2n) is 5.33. The summed E-state index contributed by atoms with van der Waals surface area (Å²) in [6, 6.07) is 6.96. The monoisotopic (exact) mass is 306 g/mol. The van der Waals surface area contributed by atoms with Gasteiger partial charge in [0.15, 0.2) is 0 Å². The summed E-state index contributed by atoms with van der Waals surface area (Å²) in [6.07, 6.45) is 4.86. The lowest BCUT2D eigenvalue weighted by Crippen LogP contribution is -2.25. The van der Waals surface area contributed by atoms with Crippen molar-refractivity contribution in [2.45, 2.75) is 31.7 Å². The molecule has 0 amide bonds. The topological polar surface area (TPSA) is 68.2 Å². The maximum atomic E-state index is 6.19. The van der Waals surface area contributed by atoms with E-state index in [1.54, 1.807) is 0 Å². The van der Waals surface area contributed by atoms with E-state index in [-0.39, 0.29) is 0 Å². The van der Waals surface area contributed by atoms with E-state index >= 15 is 0 Å². The number of hydrogen-bond acceptors (Lipinski definition) is 5. The molecule has 6 heteroatoms. The lowest BCUT2D eigenvalue weighted by molar-refractivity contribution is 0.366. The Morgan fingerprint density at radius 2 is 1.86 bits per heavy atom. The van der Waals surface area contributed by atoms with Crippen molar-refractivity contribution in [3.8, 4) is 0 Å². The van der Waals surface area contributed by atoms with Gasteiger partial charge in [0, 0.05) is 18.1 Å². The molecule has 112 valence electrons. The van der Waals surface area contributed by atoms with Gasteiger partial charge in [-0.15, -0.1) is 0 Å². The maximum absolute atomic E-state index is 6.19. The standard InChI is InChI=1S/C15H19ClN4O/c16-12-8-4-3-7-11(12)13(17)14-18-15(19-21-14)20-9-5-1-2-6-10-20/h3-4,7-8,13H,1-2,5-6,9-10,17H2/t13-/m1/s1. The summed E-state index contributed by atoms with van der Waals surface area (Å²) in [5.41, 5.74) is 6.99. The van der Waals surface area contributed by atoms with Crippen LogP contribution in [-0.4, -0.2) is 23.2 Å². The van der Waals surface area contributed by atoms with Gasteiger partial charge < -0.3 is 15.2 Å². The van der Waals surface area contributed by atoms with Gasteiger partial charge in [0.05, 0.1) is 0 Å². The first-order chi connectivity index (χ1) is 10.3. The number of hydrogen-bond donors (Lipinski definition) is 1. The van der Waals surface area contributed by atoms with Crippen LogP contribution in [0.25, 0.3) is 0 Å². The van der Waals surface area contributed by atoms with E-state index in [9.17, 15) is 0 Å². The molecule has 0 aliphatic carbocycles. The normalized spacial score (nSPS) is 17.5. The zero-order chi connectivity index (χ0) is 14.7. The highest BCUT2D eigenvalue weighted by Gasteiger charge is 2.21. The van der Waals surface area contributed by atoms with Crippen molar-refractivity contribution in [2.75, 3.05) is 18.0 Å².